The predicted molar refractivity (Wildman–Crippen MR) is 75.7 cm³/mol. The Bertz CT molecular complexity index is 451. The third kappa shape index (κ3) is 2.23. The van der Waals surface area contributed by atoms with Crippen LogP contribution in [0.15, 0.2) is 24.3 Å². The molecule has 1 aromatic rings. The maximum Gasteiger partial charge on any atom is 0.142 e. The summed E-state index contributed by atoms with van der Waals surface area (Å²) in [4.78, 5) is 12.7. The highest BCUT2D eigenvalue weighted by Crippen LogP contribution is 2.45. The van der Waals surface area contributed by atoms with Crippen molar-refractivity contribution in [3.05, 3.63) is 35.4 Å². The van der Waals surface area contributed by atoms with Gasteiger partial charge in [0.2, 0.25) is 0 Å². The molecule has 0 radical (unpaired) electrons. The van der Waals surface area contributed by atoms with Crippen molar-refractivity contribution in [3.8, 4) is 0 Å². The summed E-state index contributed by atoms with van der Waals surface area (Å²) in [5.41, 5.74) is 2.59. The topological polar surface area (TPSA) is 17.1 Å². The summed E-state index contributed by atoms with van der Waals surface area (Å²) in [6.45, 7) is 10.5. The van der Waals surface area contributed by atoms with Crippen LogP contribution in [-0.4, -0.2) is 5.78 Å². The minimum atomic E-state index is -0.237. The monoisotopic (exact) mass is 244 g/mol. The van der Waals surface area contributed by atoms with Gasteiger partial charge in [-0.15, -0.1) is 0 Å². The number of fused-ring (bicyclic) bond motifs is 1. The Morgan fingerprint density at radius 3 is 2.33 bits per heavy atom. The minimum absolute atomic E-state index is 0.167. The molecule has 1 heteroatoms. The second-order valence-electron chi connectivity index (χ2n) is 6.89. The average molecular weight is 244 g/mol. The fourth-order valence-electron chi connectivity index (χ4n) is 3.07. The number of carbonyl (C=O) groups excluding carboxylic acids is 1. The number of carbonyl (C=O) groups is 1. The van der Waals surface area contributed by atoms with E-state index in [-0.39, 0.29) is 11.3 Å². The molecule has 1 nitrogen and oxygen atoms in total. The van der Waals surface area contributed by atoms with Gasteiger partial charge < -0.3 is 0 Å². The first-order chi connectivity index (χ1) is 8.32. The highest BCUT2D eigenvalue weighted by atomic mass is 16.1. The molecule has 0 N–H and O–H groups in total. The molecule has 98 valence electrons. The molecular weight excluding hydrogens is 220 g/mol. The Kier molecular flexibility index (Phi) is 3.35. The maximum absolute atomic E-state index is 12.7. The summed E-state index contributed by atoms with van der Waals surface area (Å²) >= 11 is 0. The van der Waals surface area contributed by atoms with Gasteiger partial charge in [-0.3, -0.25) is 4.79 Å². The number of hydrogen-bond acceptors (Lipinski definition) is 1. The van der Waals surface area contributed by atoms with E-state index in [1.807, 2.05) is 20.8 Å². The van der Waals surface area contributed by atoms with Gasteiger partial charge in [0.1, 0.15) is 5.78 Å². The number of rotatable bonds is 3. The summed E-state index contributed by atoms with van der Waals surface area (Å²) < 4.78 is 0. The van der Waals surface area contributed by atoms with Crippen LogP contribution in [0.2, 0.25) is 0 Å². The van der Waals surface area contributed by atoms with Crippen molar-refractivity contribution in [3.63, 3.8) is 0 Å². The molecule has 0 saturated heterocycles. The van der Waals surface area contributed by atoms with Gasteiger partial charge in [0, 0.05) is 11.3 Å². The van der Waals surface area contributed by atoms with Crippen LogP contribution < -0.4 is 0 Å². The van der Waals surface area contributed by atoms with Crippen LogP contribution in [0.4, 0.5) is 0 Å². The Labute approximate surface area is 111 Å². The lowest BCUT2D eigenvalue weighted by Gasteiger charge is -2.40. The zero-order valence-electron chi connectivity index (χ0n) is 12.2. The normalized spacial score (nSPS) is 20.2. The molecule has 1 aliphatic carbocycles. The van der Waals surface area contributed by atoms with Crippen LogP contribution in [-0.2, 0) is 11.2 Å². The molecule has 18 heavy (non-hydrogen) atoms. The average Bonchev–Trinajstić information content (AvgIpc) is 2.23. The molecule has 0 spiro atoms. The van der Waals surface area contributed by atoms with E-state index in [0.717, 1.165) is 6.42 Å². The molecule has 0 bridgehead atoms. The van der Waals surface area contributed by atoms with Gasteiger partial charge in [0.15, 0.2) is 0 Å². The fraction of sp³-hybridized carbons (Fsp3) is 0.588. The van der Waals surface area contributed by atoms with Gasteiger partial charge in [0.25, 0.3) is 0 Å². The highest BCUT2D eigenvalue weighted by molar-refractivity contribution is 5.87. The van der Waals surface area contributed by atoms with Gasteiger partial charge in [0.05, 0.1) is 0 Å². The Morgan fingerprint density at radius 2 is 1.83 bits per heavy atom. The van der Waals surface area contributed by atoms with Crippen molar-refractivity contribution in [1.82, 2.24) is 0 Å². The first kappa shape index (κ1) is 13.3. The Balaban J connectivity index is 2.28. The van der Waals surface area contributed by atoms with E-state index in [9.17, 15) is 4.79 Å². The van der Waals surface area contributed by atoms with Crippen LogP contribution in [0.25, 0.3) is 0 Å². The van der Waals surface area contributed by atoms with Crippen LogP contribution in [0.5, 0.6) is 0 Å². The highest BCUT2D eigenvalue weighted by Gasteiger charge is 2.41. The maximum atomic E-state index is 12.7. The lowest BCUT2D eigenvalue weighted by atomic mass is 9.63. The van der Waals surface area contributed by atoms with Crippen molar-refractivity contribution in [1.29, 1.82) is 0 Å². The van der Waals surface area contributed by atoms with E-state index in [1.165, 1.54) is 11.1 Å². The van der Waals surface area contributed by atoms with E-state index >= 15 is 0 Å². The quantitative estimate of drug-likeness (QED) is 0.778. The zero-order valence-corrected chi connectivity index (χ0v) is 12.2. The first-order valence-electron chi connectivity index (χ1n) is 6.94. The summed E-state index contributed by atoms with van der Waals surface area (Å²) in [6, 6.07) is 8.55. The van der Waals surface area contributed by atoms with Crippen molar-refractivity contribution < 1.29 is 4.79 Å². The van der Waals surface area contributed by atoms with Crippen molar-refractivity contribution >= 4 is 5.78 Å². The SMILES string of the molecule is CC(C)C(C(=O)C(C)(C)C)C1Cc2ccccc21. The summed E-state index contributed by atoms with van der Waals surface area (Å²) in [7, 11) is 0. The molecule has 2 unspecified atom stereocenters. The largest absolute Gasteiger partial charge is 0.299 e. The Hall–Kier alpha value is -1.11. The second kappa shape index (κ2) is 4.53. The third-order valence-corrected chi connectivity index (χ3v) is 4.09. The van der Waals surface area contributed by atoms with Gasteiger partial charge >= 0.3 is 0 Å². The summed E-state index contributed by atoms with van der Waals surface area (Å²) in [5.74, 6) is 1.43. The van der Waals surface area contributed by atoms with Crippen LogP contribution in [0.1, 0.15) is 51.7 Å². The Morgan fingerprint density at radius 1 is 1.22 bits per heavy atom. The summed E-state index contributed by atoms with van der Waals surface area (Å²) in [6.07, 6.45) is 1.07. The molecule has 0 aromatic heterocycles. The van der Waals surface area contributed by atoms with E-state index in [4.69, 9.17) is 0 Å². The smallest absolute Gasteiger partial charge is 0.142 e. The van der Waals surface area contributed by atoms with Gasteiger partial charge in [-0.1, -0.05) is 58.9 Å². The van der Waals surface area contributed by atoms with Crippen LogP contribution in [0.3, 0.4) is 0 Å². The fourth-order valence-corrected chi connectivity index (χ4v) is 3.07. The van der Waals surface area contributed by atoms with Gasteiger partial charge in [-0.2, -0.15) is 0 Å². The van der Waals surface area contributed by atoms with Crippen LogP contribution >= 0.6 is 0 Å². The first-order valence-corrected chi connectivity index (χ1v) is 6.94. The lowest BCUT2D eigenvalue weighted by molar-refractivity contribution is -0.133. The molecule has 1 aromatic carbocycles. The van der Waals surface area contributed by atoms with E-state index in [2.05, 4.69) is 38.1 Å². The molecule has 0 amide bonds. The lowest BCUT2D eigenvalue weighted by Crippen LogP contribution is -2.39. The number of benzene rings is 1. The van der Waals surface area contributed by atoms with E-state index in [0.29, 0.717) is 17.6 Å². The standard InChI is InChI=1S/C17H24O/c1-11(2)15(16(18)17(3,4)5)14-10-12-8-6-7-9-13(12)14/h6-9,11,14-15H,10H2,1-5H3. The molecule has 0 heterocycles. The number of hydrogen-bond donors (Lipinski definition) is 0. The number of ketones is 1. The molecule has 0 saturated carbocycles. The van der Waals surface area contributed by atoms with Crippen molar-refractivity contribution in [2.45, 2.75) is 47.0 Å². The van der Waals surface area contributed by atoms with Gasteiger partial charge in [-0.05, 0) is 29.4 Å². The molecule has 0 aliphatic heterocycles. The minimum Gasteiger partial charge on any atom is -0.299 e. The van der Waals surface area contributed by atoms with E-state index in [1.54, 1.807) is 0 Å². The van der Waals surface area contributed by atoms with Crippen LogP contribution in [0, 0.1) is 17.3 Å². The zero-order chi connectivity index (χ0) is 13.5. The third-order valence-electron chi connectivity index (χ3n) is 4.09. The van der Waals surface area contributed by atoms with Gasteiger partial charge in [-0.25, -0.2) is 0 Å². The van der Waals surface area contributed by atoms with Crippen molar-refractivity contribution in [2.24, 2.45) is 17.3 Å². The summed E-state index contributed by atoms with van der Waals surface area (Å²) in [5, 5.41) is 0. The van der Waals surface area contributed by atoms with E-state index < -0.39 is 0 Å². The molecule has 2 atom stereocenters. The predicted octanol–water partition coefficient (Wildman–Crippen LogP) is 4.21. The number of Topliss-reactive ketones (excluding diaryl/α,β-unsaturated/α-hetero) is 1. The molecular formula is C17H24O. The molecule has 0 fully saturated rings. The molecule has 2 rings (SSSR count). The van der Waals surface area contributed by atoms with Crippen molar-refractivity contribution in [2.75, 3.05) is 0 Å². The molecule has 1 aliphatic rings. The second-order valence-corrected chi connectivity index (χ2v) is 6.89.